The zero-order valence-electron chi connectivity index (χ0n) is 20.5. The average molecular weight is 482 g/mol. The van der Waals surface area contributed by atoms with Gasteiger partial charge >= 0.3 is 0 Å². The molecule has 3 aromatic carbocycles. The van der Waals surface area contributed by atoms with E-state index in [9.17, 15) is 9.90 Å². The average Bonchev–Trinajstić information content (AvgIpc) is 3.45. The predicted octanol–water partition coefficient (Wildman–Crippen LogP) is 6.14. The molecular formula is C30H31N3O3. The second-order valence-electron chi connectivity index (χ2n) is 9.14. The summed E-state index contributed by atoms with van der Waals surface area (Å²) < 4.78 is 6.04. The van der Waals surface area contributed by atoms with Gasteiger partial charge in [-0.1, -0.05) is 74.4 Å². The fourth-order valence-electron chi connectivity index (χ4n) is 4.86. The highest BCUT2D eigenvalue weighted by molar-refractivity contribution is 6.00. The molecule has 0 aliphatic carbocycles. The molecule has 4 aromatic rings. The number of fused-ring (bicyclic) bond motifs is 1. The fourth-order valence-corrected chi connectivity index (χ4v) is 4.86. The van der Waals surface area contributed by atoms with Crippen molar-refractivity contribution in [3.63, 3.8) is 0 Å². The van der Waals surface area contributed by atoms with Crippen LogP contribution in [-0.2, 0) is 6.42 Å². The number of ether oxygens (including phenoxy) is 1. The van der Waals surface area contributed by atoms with Gasteiger partial charge in [0.25, 0.3) is 5.91 Å². The summed E-state index contributed by atoms with van der Waals surface area (Å²) in [5, 5.41) is 18.0. The molecule has 0 bridgehead atoms. The summed E-state index contributed by atoms with van der Waals surface area (Å²) >= 11 is 0. The highest BCUT2D eigenvalue weighted by Crippen LogP contribution is 2.44. The van der Waals surface area contributed by atoms with Crippen molar-refractivity contribution in [1.29, 1.82) is 0 Å². The smallest absolute Gasteiger partial charge is 0.273 e. The fraction of sp³-hybridized carbons (Fsp3) is 0.267. The molecule has 0 spiro atoms. The number of aromatic hydroxyl groups is 1. The summed E-state index contributed by atoms with van der Waals surface area (Å²) in [4.78, 5) is 15.5. The van der Waals surface area contributed by atoms with Crippen molar-refractivity contribution in [1.82, 2.24) is 15.1 Å². The molecule has 0 saturated carbocycles. The van der Waals surface area contributed by atoms with E-state index in [0.29, 0.717) is 30.1 Å². The van der Waals surface area contributed by atoms with Gasteiger partial charge in [0.15, 0.2) is 0 Å². The molecule has 0 fully saturated rings. The first-order valence-electron chi connectivity index (χ1n) is 12.6. The van der Waals surface area contributed by atoms with Gasteiger partial charge in [0, 0.05) is 17.7 Å². The number of carbonyl (C=O) groups is 1. The number of para-hydroxylation sites is 1. The molecule has 0 saturated heterocycles. The number of H-pyrrole nitrogens is 1. The number of benzene rings is 3. The number of carbonyl (C=O) groups excluding carboxylic acids is 1. The summed E-state index contributed by atoms with van der Waals surface area (Å²) in [6, 6.07) is 24.9. The topological polar surface area (TPSA) is 78.5 Å². The number of aromatic amines is 1. The Balaban J connectivity index is 1.53. The number of nitrogens with one attached hydrogen (secondary N) is 1. The van der Waals surface area contributed by atoms with E-state index in [2.05, 4.69) is 29.3 Å². The Morgan fingerprint density at radius 1 is 1.00 bits per heavy atom. The van der Waals surface area contributed by atoms with Gasteiger partial charge in [0.1, 0.15) is 22.9 Å². The Kier molecular flexibility index (Phi) is 7.03. The lowest BCUT2D eigenvalue weighted by Gasteiger charge is -2.27. The van der Waals surface area contributed by atoms with Crippen molar-refractivity contribution in [2.45, 2.75) is 38.6 Å². The number of amides is 1. The lowest BCUT2D eigenvalue weighted by Crippen LogP contribution is -2.31. The van der Waals surface area contributed by atoms with E-state index in [-0.39, 0.29) is 17.7 Å². The van der Waals surface area contributed by atoms with Crippen LogP contribution in [0.25, 0.3) is 11.3 Å². The van der Waals surface area contributed by atoms with Crippen LogP contribution in [0.15, 0.2) is 78.9 Å². The Hall–Kier alpha value is -4.06. The number of unbranched alkanes of at least 4 members (excludes halogenated alkanes) is 2. The zero-order valence-corrected chi connectivity index (χ0v) is 20.5. The van der Waals surface area contributed by atoms with Crippen molar-refractivity contribution in [2.24, 2.45) is 0 Å². The molecule has 1 amide bonds. The van der Waals surface area contributed by atoms with E-state index in [1.54, 1.807) is 12.1 Å². The van der Waals surface area contributed by atoms with Crippen molar-refractivity contribution in [3.05, 3.63) is 101 Å². The second-order valence-corrected chi connectivity index (χ2v) is 9.14. The van der Waals surface area contributed by atoms with Gasteiger partial charge in [-0.25, -0.2) is 0 Å². The van der Waals surface area contributed by atoms with E-state index in [4.69, 9.17) is 4.74 Å². The molecular weight excluding hydrogens is 450 g/mol. The number of aromatic nitrogens is 2. The summed E-state index contributed by atoms with van der Waals surface area (Å²) in [7, 11) is 0. The lowest BCUT2D eigenvalue weighted by atomic mass is 9.95. The monoisotopic (exact) mass is 481 g/mol. The second kappa shape index (κ2) is 10.7. The van der Waals surface area contributed by atoms with Crippen molar-refractivity contribution < 1.29 is 14.6 Å². The third-order valence-corrected chi connectivity index (χ3v) is 6.70. The largest absolute Gasteiger partial charge is 0.507 e. The summed E-state index contributed by atoms with van der Waals surface area (Å²) in [6.45, 7) is 3.39. The van der Waals surface area contributed by atoms with Crippen LogP contribution in [0.2, 0.25) is 0 Å². The molecule has 36 heavy (non-hydrogen) atoms. The van der Waals surface area contributed by atoms with Crippen LogP contribution in [0.4, 0.5) is 0 Å². The van der Waals surface area contributed by atoms with Crippen LogP contribution in [-0.4, -0.2) is 39.3 Å². The number of rotatable bonds is 10. The van der Waals surface area contributed by atoms with Gasteiger partial charge in [-0.2, -0.15) is 5.10 Å². The van der Waals surface area contributed by atoms with Crippen LogP contribution in [0, 0.1) is 0 Å². The first-order valence-corrected chi connectivity index (χ1v) is 12.6. The van der Waals surface area contributed by atoms with E-state index >= 15 is 0 Å². The zero-order chi connectivity index (χ0) is 24.9. The predicted molar refractivity (Wildman–Crippen MR) is 140 cm³/mol. The van der Waals surface area contributed by atoms with Gasteiger partial charge in [-0.15, -0.1) is 0 Å². The van der Waals surface area contributed by atoms with Gasteiger partial charge in [-0.05, 0) is 48.2 Å². The maximum Gasteiger partial charge on any atom is 0.273 e. The van der Waals surface area contributed by atoms with Gasteiger partial charge in [-0.3, -0.25) is 9.89 Å². The van der Waals surface area contributed by atoms with Gasteiger partial charge < -0.3 is 14.7 Å². The van der Waals surface area contributed by atoms with E-state index in [1.807, 2.05) is 59.5 Å². The van der Waals surface area contributed by atoms with Crippen LogP contribution >= 0.6 is 0 Å². The number of phenolic OH excluding ortho intramolecular Hbond substituents is 1. The first-order chi connectivity index (χ1) is 17.7. The van der Waals surface area contributed by atoms with E-state index in [0.717, 1.165) is 42.6 Å². The summed E-state index contributed by atoms with van der Waals surface area (Å²) in [5.74, 6) is 0.836. The molecule has 2 heterocycles. The van der Waals surface area contributed by atoms with Crippen molar-refractivity contribution in [3.8, 4) is 22.8 Å². The van der Waals surface area contributed by atoms with Crippen molar-refractivity contribution in [2.75, 3.05) is 13.2 Å². The normalized spacial score (nSPS) is 14.8. The van der Waals surface area contributed by atoms with Crippen LogP contribution in [0.3, 0.4) is 0 Å². The van der Waals surface area contributed by atoms with Crippen LogP contribution in [0.5, 0.6) is 11.5 Å². The Morgan fingerprint density at radius 2 is 1.81 bits per heavy atom. The molecule has 0 radical (unpaired) electrons. The molecule has 6 heteroatoms. The lowest BCUT2D eigenvalue weighted by molar-refractivity contribution is 0.0745. The SMILES string of the molecule is CCCCCOc1cccc([C@H]2c3c(-c4ccccc4O)n[nH]c3C(=O)N2CCc2ccccc2)c1. The molecule has 1 aliphatic heterocycles. The quantitative estimate of drug-likeness (QED) is 0.267. The Bertz CT molecular complexity index is 1330. The number of hydrogen-bond donors (Lipinski definition) is 2. The minimum Gasteiger partial charge on any atom is -0.507 e. The van der Waals surface area contributed by atoms with E-state index < -0.39 is 0 Å². The maximum atomic E-state index is 13.6. The standard InChI is InChI=1S/C30H31N3O3/c1-2-3-9-19-36-23-14-10-13-22(20-23)29-26-27(24-15-7-8-16-25(24)34)31-32-28(26)30(35)33(29)18-17-21-11-5-4-6-12-21/h4-8,10-16,20,29,34H,2-3,9,17-19H2,1H3,(H,31,32)/t29-/m0/s1. The number of nitrogens with zero attached hydrogens (tertiary/aromatic N) is 2. The maximum absolute atomic E-state index is 13.6. The number of hydrogen-bond acceptors (Lipinski definition) is 4. The van der Waals surface area contributed by atoms with E-state index in [1.165, 1.54) is 5.56 Å². The van der Waals surface area contributed by atoms with Crippen LogP contribution < -0.4 is 4.74 Å². The van der Waals surface area contributed by atoms with Crippen molar-refractivity contribution >= 4 is 5.91 Å². The highest BCUT2D eigenvalue weighted by atomic mass is 16.5. The first kappa shape index (κ1) is 23.7. The molecule has 2 N–H and O–H groups in total. The Labute approximate surface area is 211 Å². The van der Waals surface area contributed by atoms with Gasteiger partial charge in [0.2, 0.25) is 0 Å². The molecule has 5 rings (SSSR count). The highest BCUT2D eigenvalue weighted by Gasteiger charge is 2.42. The summed E-state index contributed by atoms with van der Waals surface area (Å²) in [5.41, 5.74) is 4.59. The minimum atomic E-state index is -0.344. The Morgan fingerprint density at radius 3 is 2.61 bits per heavy atom. The van der Waals surface area contributed by atoms with Gasteiger partial charge in [0.05, 0.1) is 12.6 Å². The molecule has 0 unspecified atom stereocenters. The molecule has 1 atom stereocenters. The minimum absolute atomic E-state index is 0.0885. The van der Waals surface area contributed by atoms with Crippen LogP contribution in [0.1, 0.15) is 59.4 Å². The third kappa shape index (κ3) is 4.71. The summed E-state index contributed by atoms with van der Waals surface area (Å²) in [6.07, 6.45) is 4.02. The molecule has 1 aliphatic rings. The molecule has 1 aromatic heterocycles. The third-order valence-electron chi connectivity index (χ3n) is 6.70. The number of phenols is 1. The molecule has 6 nitrogen and oxygen atoms in total. The molecule has 184 valence electrons.